The molecule has 0 aromatic heterocycles. The van der Waals surface area contributed by atoms with E-state index in [1.807, 2.05) is 19.1 Å². The van der Waals surface area contributed by atoms with Crippen molar-refractivity contribution in [2.75, 3.05) is 45.7 Å². The topological polar surface area (TPSA) is 41.7 Å². The zero-order chi connectivity index (χ0) is 16.0. The molecule has 120 valence electrons. The summed E-state index contributed by atoms with van der Waals surface area (Å²) in [6.45, 7) is 9.52. The molecule has 1 aromatic rings. The number of likely N-dealkylation sites (N-methyl/N-ethyl adjacent to an activating group) is 1. The van der Waals surface area contributed by atoms with Crippen molar-refractivity contribution >= 4 is 5.69 Å². The van der Waals surface area contributed by atoms with E-state index in [0.717, 1.165) is 30.9 Å². The van der Waals surface area contributed by atoms with Crippen molar-refractivity contribution in [1.82, 2.24) is 4.90 Å². The Morgan fingerprint density at radius 3 is 2.29 bits per heavy atom. The van der Waals surface area contributed by atoms with Gasteiger partial charge in [-0.15, -0.1) is 0 Å². The highest BCUT2D eigenvalue weighted by Gasteiger charge is 2.18. The third kappa shape index (κ3) is 5.21. The fourth-order valence-corrected chi connectivity index (χ4v) is 2.52. The van der Waals surface area contributed by atoms with Gasteiger partial charge < -0.3 is 20.3 Å². The summed E-state index contributed by atoms with van der Waals surface area (Å²) in [5.41, 5.74) is 8.49. The summed E-state index contributed by atoms with van der Waals surface area (Å²) in [4.78, 5) is 4.63. The number of rotatable bonds is 8. The predicted octanol–water partition coefficient (Wildman–Crippen LogP) is 2.74. The standard InChI is InChI=1S/C17H31N3O/c1-13(2)12-20(11-10-19(4)5)15-8-7-9-16(21-6)17(15)14(3)18/h7-9,13-14H,10-12,18H2,1-6H3/t14-/m0/s1. The zero-order valence-corrected chi connectivity index (χ0v) is 14.4. The van der Waals surface area contributed by atoms with Gasteiger partial charge in [0.1, 0.15) is 5.75 Å². The van der Waals surface area contributed by atoms with Crippen molar-refractivity contribution in [3.05, 3.63) is 23.8 Å². The summed E-state index contributed by atoms with van der Waals surface area (Å²) in [6.07, 6.45) is 0. The highest BCUT2D eigenvalue weighted by Crippen LogP contribution is 2.33. The number of methoxy groups -OCH3 is 1. The van der Waals surface area contributed by atoms with Crippen molar-refractivity contribution < 1.29 is 4.74 Å². The van der Waals surface area contributed by atoms with Gasteiger partial charge in [0.05, 0.1) is 7.11 Å². The first-order valence-electron chi connectivity index (χ1n) is 7.69. The molecule has 1 aromatic carbocycles. The van der Waals surface area contributed by atoms with Gasteiger partial charge >= 0.3 is 0 Å². The Kier molecular flexibility index (Phi) is 6.99. The predicted molar refractivity (Wildman–Crippen MR) is 91.2 cm³/mol. The molecule has 1 atom stereocenters. The summed E-state index contributed by atoms with van der Waals surface area (Å²) in [7, 11) is 5.91. The lowest BCUT2D eigenvalue weighted by molar-refractivity contribution is 0.402. The van der Waals surface area contributed by atoms with E-state index in [-0.39, 0.29) is 6.04 Å². The molecule has 21 heavy (non-hydrogen) atoms. The minimum atomic E-state index is -0.0508. The maximum Gasteiger partial charge on any atom is 0.125 e. The average molecular weight is 293 g/mol. The molecule has 4 heteroatoms. The molecule has 0 bridgehead atoms. The van der Waals surface area contributed by atoms with E-state index < -0.39 is 0 Å². The van der Waals surface area contributed by atoms with Crippen LogP contribution in [0.4, 0.5) is 5.69 Å². The monoisotopic (exact) mass is 293 g/mol. The first kappa shape index (κ1) is 17.8. The second-order valence-electron chi connectivity index (χ2n) is 6.32. The summed E-state index contributed by atoms with van der Waals surface area (Å²) in [5.74, 6) is 1.47. The Morgan fingerprint density at radius 1 is 1.14 bits per heavy atom. The number of ether oxygens (including phenoxy) is 1. The lowest BCUT2D eigenvalue weighted by Crippen LogP contribution is -2.35. The van der Waals surface area contributed by atoms with E-state index in [9.17, 15) is 0 Å². The largest absolute Gasteiger partial charge is 0.496 e. The van der Waals surface area contributed by atoms with Crippen molar-refractivity contribution in [2.24, 2.45) is 11.7 Å². The maximum absolute atomic E-state index is 6.20. The van der Waals surface area contributed by atoms with Gasteiger partial charge in [0, 0.05) is 36.9 Å². The van der Waals surface area contributed by atoms with Crippen molar-refractivity contribution in [3.63, 3.8) is 0 Å². The van der Waals surface area contributed by atoms with Crippen LogP contribution in [0.1, 0.15) is 32.4 Å². The first-order chi connectivity index (χ1) is 9.86. The van der Waals surface area contributed by atoms with Gasteiger partial charge in [0.15, 0.2) is 0 Å². The Labute approximate surface area is 129 Å². The number of nitrogens with two attached hydrogens (primary N) is 1. The van der Waals surface area contributed by atoms with E-state index in [1.165, 1.54) is 5.69 Å². The molecule has 0 radical (unpaired) electrons. The average Bonchev–Trinajstić information content (AvgIpc) is 2.41. The highest BCUT2D eigenvalue weighted by molar-refractivity contribution is 5.60. The van der Waals surface area contributed by atoms with Gasteiger partial charge in [-0.1, -0.05) is 19.9 Å². The number of benzene rings is 1. The Balaban J connectivity index is 3.16. The van der Waals surface area contributed by atoms with Gasteiger partial charge in [-0.2, -0.15) is 0 Å². The van der Waals surface area contributed by atoms with E-state index in [4.69, 9.17) is 10.5 Å². The van der Waals surface area contributed by atoms with Crippen LogP contribution in [0.5, 0.6) is 5.75 Å². The molecule has 0 saturated carbocycles. The van der Waals surface area contributed by atoms with Gasteiger partial charge in [-0.05, 0) is 39.1 Å². The van der Waals surface area contributed by atoms with Crippen LogP contribution in [0.2, 0.25) is 0 Å². The second kappa shape index (κ2) is 8.25. The molecule has 0 unspecified atom stereocenters. The Bertz CT molecular complexity index is 430. The van der Waals surface area contributed by atoms with Crippen LogP contribution in [0.15, 0.2) is 18.2 Å². The van der Waals surface area contributed by atoms with E-state index in [2.05, 4.69) is 43.8 Å². The fourth-order valence-electron chi connectivity index (χ4n) is 2.52. The van der Waals surface area contributed by atoms with Gasteiger partial charge in [-0.25, -0.2) is 0 Å². The smallest absolute Gasteiger partial charge is 0.125 e. The summed E-state index contributed by atoms with van der Waals surface area (Å²) >= 11 is 0. The molecule has 0 saturated heterocycles. The van der Waals surface area contributed by atoms with Crippen molar-refractivity contribution in [3.8, 4) is 5.75 Å². The van der Waals surface area contributed by atoms with Crippen LogP contribution in [0.25, 0.3) is 0 Å². The van der Waals surface area contributed by atoms with Crippen LogP contribution in [-0.2, 0) is 0 Å². The van der Waals surface area contributed by atoms with Crippen molar-refractivity contribution in [2.45, 2.75) is 26.8 Å². The van der Waals surface area contributed by atoms with Crippen LogP contribution >= 0.6 is 0 Å². The van der Waals surface area contributed by atoms with Crippen LogP contribution in [0, 0.1) is 5.92 Å². The molecule has 1 rings (SSSR count). The van der Waals surface area contributed by atoms with Gasteiger partial charge in [0.25, 0.3) is 0 Å². The molecule has 0 aliphatic rings. The van der Waals surface area contributed by atoms with Crippen LogP contribution in [-0.4, -0.2) is 45.7 Å². The molecule has 0 aliphatic heterocycles. The lowest BCUT2D eigenvalue weighted by atomic mass is 10.0. The molecule has 2 N–H and O–H groups in total. The van der Waals surface area contributed by atoms with E-state index >= 15 is 0 Å². The Morgan fingerprint density at radius 2 is 1.81 bits per heavy atom. The molecule has 0 heterocycles. The second-order valence-corrected chi connectivity index (χ2v) is 6.32. The highest BCUT2D eigenvalue weighted by atomic mass is 16.5. The Hall–Kier alpha value is -1.26. The molecule has 0 spiro atoms. The lowest BCUT2D eigenvalue weighted by Gasteiger charge is -2.31. The summed E-state index contributed by atoms with van der Waals surface area (Å²) in [6, 6.07) is 6.13. The molecular weight excluding hydrogens is 262 g/mol. The molecule has 0 aliphatic carbocycles. The normalized spacial score (nSPS) is 12.8. The van der Waals surface area contributed by atoms with E-state index in [1.54, 1.807) is 7.11 Å². The van der Waals surface area contributed by atoms with Crippen LogP contribution < -0.4 is 15.4 Å². The molecule has 0 fully saturated rings. The van der Waals surface area contributed by atoms with Gasteiger partial charge in [-0.3, -0.25) is 0 Å². The number of anilines is 1. The first-order valence-corrected chi connectivity index (χ1v) is 7.69. The molecule has 0 amide bonds. The zero-order valence-electron chi connectivity index (χ0n) is 14.4. The van der Waals surface area contributed by atoms with Crippen molar-refractivity contribution in [1.29, 1.82) is 0 Å². The quantitative estimate of drug-likeness (QED) is 0.800. The molecule has 4 nitrogen and oxygen atoms in total. The SMILES string of the molecule is COc1cccc(N(CCN(C)C)CC(C)C)c1[C@H](C)N. The molecular formula is C17H31N3O. The third-order valence-corrected chi connectivity index (χ3v) is 3.46. The minimum absolute atomic E-state index is 0.0508. The summed E-state index contributed by atoms with van der Waals surface area (Å²) in [5, 5.41) is 0. The van der Waals surface area contributed by atoms with E-state index in [0.29, 0.717) is 5.92 Å². The fraction of sp³-hybridized carbons (Fsp3) is 0.647. The number of nitrogens with zero attached hydrogens (tertiary/aromatic N) is 2. The van der Waals surface area contributed by atoms with Gasteiger partial charge in [0.2, 0.25) is 0 Å². The number of hydrogen-bond donors (Lipinski definition) is 1. The number of hydrogen-bond acceptors (Lipinski definition) is 4. The maximum atomic E-state index is 6.20. The minimum Gasteiger partial charge on any atom is -0.496 e. The van der Waals surface area contributed by atoms with Crippen LogP contribution in [0.3, 0.4) is 0 Å². The third-order valence-electron chi connectivity index (χ3n) is 3.46. The summed E-state index contributed by atoms with van der Waals surface area (Å²) < 4.78 is 5.51.